The highest BCUT2D eigenvalue weighted by molar-refractivity contribution is 5.78. The third-order valence-electron chi connectivity index (χ3n) is 2.31. The van der Waals surface area contributed by atoms with E-state index in [0.717, 1.165) is 5.52 Å². The molecule has 0 fully saturated rings. The zero-order valence-electron chi connectivity index (χ0n) is 10.3. The highest BCUT2D eigenvalue weighted by Gasteiger charge is 2.13. The van der Waals surface area contributed by atoms with E-state index in [0.29, 0.717) is 0 Å². The fraction of sp³-hybridized carbons (Fsp3) is 0.462. The third-order valence-corrected chi connectivity index (χ3v) is 2.31. The number of rotatable bonds is 0. The molecule has 2 heteroatoms. The second kappa shape index (κ2) is 4.47. The summed E-state index contributed by atoms with van der Waals surface area (Å²) in [5.41, 5.74) is 2.67. The first-order valence-corrected chi connectivity index (χ1v) is 5.51. The van der Waals surface area contributed by atoms with Gasteiger partial charge in [-0.05, 0) is 23.1 Å². The Morgan fingerprint density at radius 1 is 1.13 bits per heavy atom. The lowest BCUT2D eigenvalue weighted by atomic mass is 9.86. The van der Waals surface area contributed by atoms with E-state index in [9.17, 15) is 0 Å². The van der Waals surface area contributed by atoms with E-state index in [4.69, 9.17) is 0 Å². The first-order valence-electron chi connectivity index (χ1n) is 5.51. The van der Waals surface area contributed by atoms with Crippen molar-refractivity contribution in [2.75, 3.05) is 0 Å². The smallest absolute Gasteiger partial charge is 0.0650 e. The molecule has 15 heavy (non-hydrogen) atoms. The number of nitrogens with one attached hydrogen (secondary N) is 1. The first kappa shape index (κ1) is 11.8. The molecule has 1 heterocycles. The molecule has 0 saturated carbocycles. The molecule has 2 rings (SSSR count). The molecule has 1 aromatic heterocycles. The van der Waals surface area contributed by atoms with Crippen LogP contribution in [-0.2, 0) is 5.41 Å². The van der Waals surface area contributed by atoms with Crippen molar-refractivity contribution in [2.45, 2.75) is 40.0 Å². The summed E-state index contributed by atoms with van der Waals surface area (Å²) in [6.07, 6.45) is 1.87. The van der Waals surface area contributed by atoms with E-state index in [-0.39, 0.29) is 5.41 Å². The summed E-state index contributed by atoms with van der Waals surface area (Å²) in [7, 11) is 0. The molecule has 82 valence electrons. The molecule has 1 aromatic carbocycles. The van der Waals surface area contributed by atoms with Gasteiger partial charge >= 0.3 is 0 Å². The molecular weight excluding hydrogens is 184 g/mol. The Kier molecular flexibility index (Phi) is 3.51. The largest absolute Gasteiger partial charge is 0.278 e. The summed E-state index contributed by atoms with van der Waals surface area (Å²) < 4.78 is 0. The fourth-order valence-corrected chi connectivity index (χ4v) is 1.41. The first-order chi connectivity index (χ1) is 7.07. The van der Waals surface area contributed by atoms with Gasteiger partial charge in [-0.25, -0.2) is 0 Å². The van der Waals surface area contributed by atoms with Gasteiger partial charge in [0.15, 0.2) is 0 Å². The molecule has 0 unspecified atom stereocenters. The van der Waals surface area contributed by atoms with Crippen LogP contribution in [0.15, 0.2) is 24.4 Å². The van der Waals surface area contributed by atoms with Gasteiger partial charge in [-0.3, -0.25) is 5.10 Å². The van der Waals surface area contributed by atoms with E-state index in [2.05, 4.69) is 49.2 Å². The maximum absolute atomic E-state index is 4.00. The van der Waals surface area contributed by atoms with Crippen molar-refractivity contribution in [1.82, 2.24) is 10.2 Å². The number of H-pyrrole nitrogens is 1. The number of aromatic nitrogens is 2. The van der Waals surface area contributed by atoms with Gasteiger partial charge in [-0.15, -0.1) is 0 Å². The summed E-state index contributed by atoms with van der Waals surface area (Å²) >= 11 is 0. The lowest BCUT2D eigenvalue weighted by Crippen LogP contribution is -2.10. The van der Waals surface area contributed by atoms with Crippen LogP contribution in [0.2, 0.25) is 0 Å². The Morgan fingerprint density at radius 3 is 2.40 bits per heavy atom. The van der Waals surface area contributed by atoms with Gasteiger partial charge in [0.1, 0.15) is 0 Å². The van der Waals surface area contributed by atoms with Crippen molar-refractivity contribution in [3.8, 4) is 0 Å². The molecule has 2 aromatic rings. The Morgan fingerprint density at radius 2 is 1.80 bits per heavy atom. The van der Waals surface area contributed by atoms with E-state index in [1.54, 1.807) is 0 Å². The Balaban J connectivity index is 0.000000531. The maximum atomic E-state index is 4.00. The third kappa shape index (κ3) is 2.58. The van der Waals surface area contributed by atoms with Crippen molar-refractivity contribution in [1.29, 1.82) is 0 Å². The molecule has 0 saturated heterocycles. The summed E-state index contributed by atoms with van der Waals surface area (Å²) in [4.78, 5) is 0. The van der Waals surface area contributed by atoms with Crippen LogP contribution >= 0.6 is 0 Å². The lowest BCUT2D eigenvalue weighted by molar-refractivity contribution is 0.591. The van der Waals surface area contributed by atoms with Gasteiger partial charge in [-0.2, -0.15) is 5.10 Å². The number of hydrogen-bond donors (Lipinski definition) is 1. The van der Waals surface area contributed by atoms with Crippen molar-refractivity contribution >= 4 is 10.9 Å². The van der Waals surface area contributed by atoms with Crippen molar-refractivity contribution in [3.63, 3.8) is 0 Å². The number of aromatic amines is 1. The minimum absolute atomic E-state index is 0.214. The highest BCUT2D eigenvalue weighted by Crippen LogP contribution is 2.24. The Labute approximate surface area is 91.7 Å². The van der Waals surface area contributed by atoms with Gasteiger partial charge in [0.05, 0.1) is 11.7 Å². The molecule has 0 aliphatic rings. The lowest BCUT2D eigenvalue weighted by Gasteiger charge is -2.18. The molecule has 0 aliphatic heterocycles. The van der Waals surface area contributed by atoms with Crippen LogP contribution in [0, 0.1) is 0 Å². The van der Waals surface area contributed by atoms with Crippen LogP contribution in [0.3, 0.4) is 0 Å². The minimum Gasteiger partial charge on any atom is -0.278 e. The summed E-state index contributed by atoms with van der Waals surface area (Å²) in [5, 5.41) is 8.14. The molecule has 0 aliphatic carbocycles. The molecular formula is C13H20N2. The number of benzene rings is 1. The van der Waals surface area contributed by atoms with Gasteiger partial charge in [0.25, 0.3) is 0 Å². The average molecular weight is 204 g/mol. The standard InChI is InChI=1S/C11H14N2.C2H6/c1-11(2,3)9-4-5-10-8(6-9)7-12-13-10;1-2/h4-7H,1-3H3,(H,12,13);1-2H3. The minimum atomic E-state index is 0.214. The maximum Gasteiger partial charge on any atom is 0.0650 e. The second-order valence-electron chi connectivity index (χ2n) is 4.42. The van der Waals surface area contributed by atoms with Crippen molar-refractivity contribution < 1.29 is 0 Å². The zero-order chi connectivity index (χ0) is 11.5. The van der Waals surface area contributed by atoms with Crippen molar-refractivity contribution in [2.24, 2.45) is 0 Å². The van der Waals surface area contributed by atoms with E-state index < -0.39 is 0 Å². The van der Waals surface area contributed by atoms with Gasteiger partial charge in [-0.1, -0.05) is 40.7 Å². The van der Waals surface area contributed by atoms with Gasteiger partial charge in [0.2, 0.25) is 0 Å². The Hall–Kier alpha value is -1.31. The van der Waals surface area contributed by atoms with Crippen molar-refractivity contribution in [3.05, 3.63) is 30.0 Å². The normalized spacial score (nSPS) is 11.0. The van der Waals surface area contributed by atoms with Crippen LogP contribution in [0.5, 0.6) is 0 Å². The van der Waals surface area contributed by atoms with Crippen LogP contribution in [-0.4, -0.2) is 10.2 Å². The molecule has 0 bridgehead atoms. The predicted octanol–water partition coefficient (Wildman–Crippen LogP) is 3.89. The van der Waals surface area contributed by atoms with Crippen LogP contribution in [0.1, 0.15) is 40.2 Å². The second-order valence-corrected chi connectivity index (χ2v) is 4.42. The average Bonchev–Trinajstić information content (AvgIpc) is 2.66. The number of hydrogen-bond acceptors (Lipinski definition) is 1. The van der Waals surface area contributed by atoms with Crippen LogP contribution < -0.4 is 0 Å². The summed E-state index contributed by atoms with van der Waals surface area (Å²) in [6, 6.07) is 6.43. The number of fused-ring (bicyclic) bond motifs is 1. The van der Waals surface area contributed by atoms with E-state index >= 15 is 0 Å². The zero-order valence-corrected chi connectivity index (χ0v) is 10.3. The van der Waals surface area contributed by atoms with E-state index in [1.807, 2.05) is 20.0 Å². The molecule has 0 spiro atoms. The topological polar surface area (TPSA) is 28.7 Å². The SMILES string of the molecule is CC.CC(C)(C)c1ccc2[nH]ncc2c1. The molecule has 1 N–H and O–H groups in total. The number of nitrogens with zero attached hydrogens (tertiary/aromatic N) is 1. The molecule has 0 atom stereocenters. The van der Waals surface area contributed by atoms with Gasteiger partial charge < -0.3 is 0 Å². The van der Waals surface area contributed by atoms with Gasteiger partial charge in [0, 0.05) is 5.39 Å². The molecule has 0 radical (unpaired) electrons. The van der Waals surface area contributed by atoms with Crippen LogP contribution in [0.25, 0.3) is 10.9 Å². The Bertz CT molecular complexity index is 421. The predicted molar refractivity (Wildman–Crippen MR) is 66.1 cm³/mol. The monoisotopic (exact) mass is 204 g/mol. The molecule has 2 nitrogen and oxygen atoms in total. The summed E-state index contributed by atoms with van der Waals surface area (Å²) in [5.74, 6) is 0. The van der Waals surface area contributed by atoms with E-state index in [1.165, 1.54) is 10.9 Å². The molecule has 0 amide bonds. The quantitative estimate of drug-likeness (QED) is 0.693. The highest BCUT2D eigenvalue weighted by atomic mass is 15.1. The van der Waals surface area contributed by atoms with Crippen LogP contribution in [0.4, 0.5) is 0 Å². The summed E-state index contributed by atoms with van der Waals surface area (Å²) in [6.45, 7) is 10.6. The fourth-order valence-electron chi connectivity index (χ4n) is 1.41.